The number of rotatable bonds is 27. The van der Waals surface area contributed by atoms with Gasteiger partial charge in [0.05, 0.1) is 13.0 Å². The van der Waals surface area contributed by atoms with Crippen LogP contribution in [0.1, 0.15) is 176 Å². The highest BCUT2D eigenvalue weighted by atomic mass is 27.1. The highest BCUT2D eigenvalue weighted by molar-refractivity contribution is 5.98. The minimum Gasteiger partial charge on any atom is -0.504 e. The van der Waals surface area contributed by atoms with Crippen LogP contribution >= 0.6 is 0 Å². The van der Waals surface area contributed by atoms with Crippen molar-refractivity contribution in [2.75, 3.05) is 13.2 Å². The molecule has 9 heteroatoms. The van der Waals surface area contributed by atoms with Gasteiger partial charge < -0.3 is 18.9 Å². The van der Waals surface area contributed by atoms with Crippen LogP contribution in [-0.4, -0.2) is 64.6 Å². The predicted molar refractivity (Wildman–Crippen MR) is 180 cm³/mol. The Kier molecular flexibility index (Phi) is 41.3. The van der Waals surface area contributed by atoms with Crippen molar-refractivity contribution in [1.29, 1.82) is 0 Å². The third-order valence-corrected chi connectivity index (χ3v) is 7.74. The standard InChI is InChI=1S/C16H30O3.C15H29NO3.C3H7O.Al.2H/c1-3-4-5-6-7-8-9-10-11-12-13-19-16(18)14-15(2)17;1-2-3-4-5-6-7-8-9-10-11-14(17)16-13-12-15(18)19;1-3(2)4;;;/h3-14H2,1-2H3;2-13H2,1H3,(H,16,17)(H,18,19);3H,1-2H3;;;/q;;-1;+1;;. The second kappa shape index (κ2) is 38.6. The first-order chi connectivity index (χ1) is 20.6. The molecule has 2 N–H and O–H groups in total. The Balaban J connectivity index is -0.000000642. The number of hydrogen-bond donors (Lipinski definition) is 2. The van der Waals surface area contributed by atoms with Gasteiger partial charge in [-0.25, -0.2) is 0 Å². The average Bonchev–Trinajstić information content (AvgIpc) is 2.95. The third-order valence-electron chi connectivity index (χ3n) is 6.79. The third kappa shape index (κ3) is 50.5. The first kappa shape index (κ1) is 46.0. The molecule has 254 valence electrons. The monoisotopic (exact) mass is 629 g/mol. The zero-order valence-corrected chi connectivity index (χ0v) is 30.9. The van der Waals surface area contributed by atoms with Gasteiger partial charge in [-0.05, 0) is 33.6 Å². The highest BCUT2D eigenvalue weighted by Gasteiger charge is 2.05. The molecule has 0 aliphatic carbocycles. The summed E-state index contributed by atoms with van der Waals surface area (Å²) in [6, 6.07) is 0. The Morgan fingerprint density at radius 2 is 1.07 bits per heavy atom. The number of carbonyl (C=O) groups is 4. The summed E-state index contributed by atoms with van der Waals surface area (Å²) in [4.78, 5) is 43.3. The molecule has 0 aliphatic heterocycles. The van der Waals surface area contributed by atoms with E-state index in [9.17, 15) is 19.2 Å². The molecule has 0 aromatic carbocycles. The topological polar surface area (TPSA) is 119 Å². The lowest BCUT2D eigenvalue weighted by molar-refractivity contribution is -0.146. The molecular weight excluding hydrogens is 561 g/mol. The molecule has 0 radical (unpaired) electrons. The molecule has 0 bridgehead atoms. The minimum absolute atomic E-state index is 0.00347. The average molecular weight is 630 g/mol. The summed E-state index contributed by atoms with van der Waals surface area (Å²) in [7, 11) is 0. The molecule has 0 rings (SSSR count). The molecule has 0 saturated heterocycles. The van der Waals surface area contributed by atoms with Crippen molar-refractivity contribution in [2.24, 2.45) is 0 Å². The van der Waals surface area contributed by atoms with E-state index in [0.717, 1.165) is 42.3 Å². The maximum absolute atomic E-state index is 11.3. The van der Waals surface area contributed by atoms with E-state index >= 15 is 0 Å². The van der Waals surface area contributed by atoms with Gasteiger partial charge in [-0.2, -0.15) is 0 Å². The number of carboxylic acids is 1. The summed E-state index contributed by atoms with van der Waals surface area (Å²) >= 11 is 0.873. The summed E-state index contributed by atoms with van der Waals surface area (Å²) in [6.45, 7) is 10.6. The van der Waals surface area contributed by atoms with E-state index < -0.39 is 5.97 Å². The maximum atomic E-state index is 11.3. The SMILES string of the molecule is CC(C)[O][AlH2].CCCCCCCCCCCC(=O)NCCC(=O)O.CCCCCCCCCCCCOC(=O)CC(C)=O. The van der Waals surface area contributed by atoms with E-state index in [0.29, 0.717) is 19.1 Å². The van der Waals surface area contributed by atoms with Crippen LogP contribution in [0.25, 0.3) is 0 Å². The Hall–Kier alpha value is -1.43. The number of nitrogens with one attached hydrogen (secondary N) is 1. The van der Waals surface area contributed by atoms with Crippen LogP contribution in [0.5, 0.6) is 0 Å². The fourth-order valence-electron chi connectivity index (χ4n) is 4.02. The molecule has 0 heterocycles. The zero-order valence-electron chi connectivity index (χ0n) is 28.9. The van der Waals surface area contributed by atoms with Crippen LogP contribution in [0.15, 0.2) is 0 Å². The largest absolute Gasteiger partial charge is 0.504 e. The first-order valence-electron chi connectivity index (χ1n) is 17.3. The lowest BCUT2D eigenvalue weighted by Crippen LogP contribution is -2.25. The van der Waals surface area contributed by atoms with E-state index in [2.05, 4.69) is 19.2 Å². The van der Waals surface area contributed by atoms with Crippen molar-refractivity contribution in [2.45, 2.75) is 182 Å². The van der Waals surface area contributed by atoms with Crippen LogP contribution in [-0.2, 0) is 27.7 Å². The smallest absolute Gasteiger partial charge is 0.410 e. The van der Waals surface area contributed by atoms with Gasteiger partial charge >= 0.3 is 28.6 Å². The molecule has 43 heavy (non-hydrogen) atoms. The Labute approximate surface area is 273 Å². The number of carbonyl (C=O) groups excluding carboxylic acids is 3. The molecule has 0 aromatic rings. The van der Waals surface area contributed by atoms with Gasteiger partial charge in [0, 0.05) is 19.1 Å². The van der Waals surface area contributed by atoms with Crippen LogP contribution in [0.4, 0.5) is 0 Å². The number of aliphatic carboxylic acids is 1. The number of esters is 1. The summed E-state index contributed by atoms with van der Waals surface area (Å²) in [5.74, 6) is -1.41. The number of Topliss-reactive ketones (excluding diaryl/α,β-unsaturated/α-hetero) is 1. The van der Waals surface area contributed by atoms with Gasteiger partial charge in [-0.3, -0.25) is 19.2 Å². The fraction of sp³-hybridized carbons (Fsp3) is 0.882. The minimum atomic E-state index is -0.872. The van der Waals surface area contributed by atoms with Gasteiger partial charge in [0.15, 0.2) is 0 Å². The molecule has 0 fully saturated rings. The second-order valence-corrected chi connectivity index (χ2v) is 12.1. The highest BCUT2D eigenvalue weighted by Crippen LogP contribution is 2.11. The molecule has 1 amide bonds. The van der Waals surface area contributed by atoms with Crippen molar-refractivity contribution in [3.63, 3.8) is 0 Å². The molecule has 8 nitrogen and oxygen atoms in total. The van der Waals surface area contributed by atoms with E-state index in [4.69, 9.17) is 13.6 Å². The molecule has 0 atom stereocenters. The molecule has 0 aromatic heterocycles. The summed E-state index contributed by atoms with van der Waals surface area (Å²) in [5.41, 5.74) is 0. The molecule has 0 aliphatic rings. The molecule has 0 unspecified atom stereocenters. The van der Waals surface area contributed by atoms with Crippen LogP contribution in [0, 0.1) is 0 Å². The van der Waals surface area contributed by atoms with Crippen LogP contribution < -0.4 is 5.32 Å². The lowest BCUT2D eigenvalue weighted by atomic mass is 10.1. The lowest BCUT2D eigenvalue weighted by Gasteiger charge is -2.04. The molecular formula is C34H68AlNO7. The number of carboxylic acid groups (broad SMARTS) is 1. The second-order valence-electron chi connectivity index (χ2n) is 11.6. The van der Waals surface area contributed by atoms with Crippen molar-refractivity contribution in [3.05, 3.63) is 0 Å². The van der Waals surface area contributed by atoms with Crippen LogP contribution in [0.3, 0.4) is 0 Å². The Bertz CT molecular complexity index is 644. The zero-order chi connectivity index (χ0) is 33.0. The maximum Gasteiger partial charge on any atom is 0.410 e. The quantitative estimate of drug-likeness (QED) is 0.0410. The van der Waals surface area contributed by atoms with E-state index in [1.165, 1.54) is 103 Å². The number of ketones is 1. The fourth-order valence-corrected chi connectivity index (χ4v) is 4.02. The van der Waals surface area contributed by atoms with E-state index in [-0.39, 0.29) is 37.0 Å². The number of hydrogen-bond acceptors (Lipinski definition) is 6. The van der Waals surface area contributed by atoms with Crippen molar-refractivity contribution in [1.82, 2.24) is 5.32 Å². The van der Waals surface area contributed by atoms with Gasteiger partial charge in [-0.1, -0.05) is 123 Å². The predicted octanol–water partition coefficient (Wildman–Crippen LogP) is 7.89. The van der Waals surface area contributed by atoms with Gasteiger partial charge in [0.1, 0.15) is 12.2 Å². The normalized spacial score (nSPS) is 10.3. The summed E-state index contributed by atoms with van der Waals surface area (Å²) < 4.78 is 9.85. The van der Waals surface area contributed by atoms with Gasteiger partial charge in [0.25, 0.3) is 0 Å². The molecule has 0 saturated carbocycles. The van der Waals surface area contributed by atoms with Gasteiger partial charge in [0.2, 0.25) is 5.91 Å². The number of ether oxygens (including phenoxy) is 1. The molecule has 0 spiro atoms. The van der Waals surface area contributed by atoms with Gasteiger partial charge in [-0.15, -0.1) is 0 Å². The number of unbranched alkanes of at least 4 members (excludes halogenated alkanes) is 17. The summed E-state index contributed by atoms with van der Waals surface area (Å²) in [5, 5.41) is 11.0. The van der Waals surface area contributed by atoms with Crippen molar-refractivity contribution >= 4 is 40.3 Å². The number of amides is 1. The van der Waals surface area contributed by atoms with Crippen LogP contribution in [0.2, 0.25) is 0 Å². The first-order valence-corrected chi connectivity index (χ1v) is 18.1. The van der Waals surface area contributed by atoms with E-state index in [1.54, 1.807) is 0 Å². The van der Waals surface area contributed by atoms with E-state index in [1.807, 2.05) is 13.8 Å². The van der Waals surface area contributed by atoms with Crippen molar-refractivity contribution < 1.29 is 32.8 Å². The summed E-state index contributed by atoms with van der Waals surface area (Å²) in [6.07, 6.45) is 24.6. The Morgan fingerprint density at radius 1 is 0.674 bits per heavy atom. The Morgan fingerprint density at radius 3 is 1.44 bits per heavy atom. The van der Waals surface area contributed by atoms with Crippen molar-refractivity contribution in [3.8, 4) is 0 Å².